The van der Waals surface area contributed by atoms with Gasteiger partial charge in [0.05, 0.1) is 24.0 Å². The van der Waals surface area contributed by atoms with E-state index in [9.17, 15) is 4.79 Å². The number of rotatable bonds is 8. The number of carbonyl (C=O) groups is 1. The van der Waals surface area contributed by atoms with Crippen LogP contribution in [0, 0.1) is 0 Å². The van der Waals surface area contributed by atoms with E-state index in [1.54, 1.807) is 17.8 Å². The highest BCUT2D eigenvalue weighted by molar-refractivity contribution is 5.79. The lowest BCUT2D eigenvalue weighted by Gasteiger charge is -2.13. The number of primary amides is 1. The van der Waals surface area contributed by atoms with Crippen molar-refractivity contribution in [3.8, 4) is 0 Å². The van der Waals surface area contributed by atoms with Crippen LogP contribution in [0.4, 0.5) is 4.79 Å². The van der Waals surface area contributed by atoms with Crippen LogP contribution in [0.2, 0.25) is 0 Å². The maximum Gasteiger partial charge on any atom is 0.404 e. The van der Waals surface area contributed by atoms with Crippen molar-refractivity contribution in [3.05, 3.63) is 60.6 Å². The molecule has 31 heavy (non-hydrogen) atoms. The van der Waals surface area contributed by atoms with Crippen molar-refractivity contribution < 1.29 is 14.4 Å². The fourth-order valence-corrected chi connectivity index (χ4v) is 2.93. The van der Waals surface area contributed by atoms with E-state index < -0.39 is 12.2 Å². The van der Waals surface area contributed by atoms with Gasteiger partial charge in [-0.2, -0.15) is 0 Å². The largest absolute Gasteiger partial charge is 0.444 e. The first-order valence-corrected chi connectivity index (χ1v) is 9.42. The Kier molecular flexibility index (Phi) is 5.67. The number of nitrogens with zero attached hydrogens (tertiary/aromatic N) is 6. The second kappa shape index (κ2) is 8.71. The van der Waals surface area contributed by atoms with Gasteiger partial charge in [0.1, 0.15) is 18.4 Å². The molecule has 0 aliphatic heterocycles. The first kappa shape index (κ1) is 20.2. The Bertz CT molecular complexity index is 1260. The predicted molar refractivity (Wildman–Crippen MR) is 112 cm³/mol. The van der Waals surface area contributed by atoms with Crippen molar-refractivity contribution in [2.24, 2.45) is 5.73 Å². The van der Waals surface area contributed by atoms with E-state index in [2.05, 4.69) is 43.4 Å². The molecule has 11 nitrogen and oxygen atoms in total. The highest BCUT2D eigenvalue weighted by atomic mass is 16.7. The van der Waals surface area contributed by atoms with Gasteiger partial charge >= 0.3 is 6.09 Å². The van der Waals surface area contributed by atoms with Crippen molar-refractivity contribution in [1.29, 1.82) is 0 Å². The molecule has 1 atom stereocenters. The molecule has 4 aromatic rings. The molecular weight excluding hydrogens is 400 g/mol. The van der Waals surface area contributed by atoms with E-state index in [1.165, 1.54) is 6.20 Å². The van der Waals surface area contributed by atoms with Crippen LogP contribution in [-0.4, -0.2) is 48.7 Å². The van der Waals surface area contributed by atoms with Crippen LogP contribution in [0.5, 0.6) is 0 Å². The molecule has 4 rings (SSSR count). The number of hydrogen-bond donors (Lipinski definition) is 2. The number of hydrogen-bond acceptors (Lipinski definition) is 9. The number of aromatic nitrogens is 6. The summed E-state index contributed by atoms with van der Waals surface area (Å²) in [5.41, 5.74) is 11.4. The first-order chi connectivity index (χ1) is 15.0. The van der Waals surface area contributed by atoms with E-state index in [1.807, 2.05) is 24.3 Å². The lowest BCUT2D eigenvalue weighted by atomic mass is 10.1. The second-order valence-electron chi connectivity index (χ2n) is 6.82. The van der Waals surface area contributed by atoms with Crippen LogP contribution in [0.1, 0.15) is 18.2 Å². The molecule has 3 N–H and O–H groups in total. The van der Waals surface area contributed by atoms with Crippen molar-refractivity contribution in [1.82, 2.24) is 35.4 Å². The molecule has 11 heteroatoms. The van der Waals surface area contributed by atoms with Gasteiger partial charge in [-0.1, -0.05) is 23.9 Å². The number of carbonyl (C=O) groups excluding carboxylic acids is 1. The summed E-state index contributed by atoms with van der Waals surface area (Å²) in [5.74, 6) is 0. The summed E-state index contributed by atoms with van der Waals surface area (Å²) in [6.07, 6.45) is 1.90. The fourth-order valence-electron chi connectivity index (χ4n) is 2.93. The van der Waals surface area contributed by atoms with Gasteiger partial charge in [0.15, 0.2) is 5.65 Å². The summed E-state index contributed by atoms with van der Waals surface area (Å²) in [6.45, 7) is 6.09. The molecule has 0 radical (unpaired) electrons. The van der Waals surface area contributed by atoms with Crippen LogP contribution in [0.3, 0.4) is 0 Å². The fraction of sp³-hybridized carbons (Fsp3) is 0.200. The number of amides is 1. The van der Waals surface area contributed by atoms with Gasteiger partial charge in [-0.05, 0) is 30.7 Å². The number of hydroxylamine groups is 1. The van der Waals surface area contributed by atoms with Crippen molar-refractivity contribution in [3.63, 3.8) is 0 Å². The van der Waals surface area contributed by atoms with Gasteiger partial charge in [0.2, 0.25) is 5.65 Å². The standard InChI is InChI=1S/C20H20N8O3/c1-12(31-20(21)29)11-30-26-13(2)17-9-23-18-19(24-17)28(27-25-18)10-14-5-6-16-15(8-14)4-3-7-22-16/h3-9,12,26H,2,10-11H2,1H3,(H2,21,29). The minimum absolute atomic E-state index is 0.0773. The molecule has 0 fully saturated rings. The minimum Gasteiger partial charge on any atom is -0.444 e. The Morgan fingerprint density at radius 1 is 1.32 bits per heavy atom. The molecule has 0 saturated heterocycles. The summed E-state index contributed by atoms with van der Waals surface area (Å²) in [4.78, 5) is 29.2. The van der Waals surface area contributed by atoms with E-state index in [-0.39, 0.29) is 6.61 Å². The van der Waals surface area contributed by atoms with Gasteiger partial charge in [-0.3, -0.25) is 15.3 Å². The molecule has 1 unspecified atom stereocenters. The third-order valence-electron chi connectivity index (χ3n) is 4.37. The summed E-state index contributed by atoms with van der Waals surface area (Å²) in [7, 11) is 0. The molecule has 0 saturated carbocycles. The van der Waals surface area contributed by atoms with Crippen LogP contribution < -0.4 is 11.2 Å². The predicted octanol–water partition coefficient (Wildman–Crippen LogP) is 1.79. The molecule has 1 aromatic carbocycles. The van der Waals surface area contributed by atoms with Gasteiger partial charge in [0.25, 0.3) is 0 Å². The van der Waals surface area contributed by atoms with Gasteiger partial charge in [0, 0.05) is 11.6 Å². The molecule has 1 amide bonds. The second-order valence-corrected chi connectivity index (χ2v) is 6.82. The average molecular weight is 420 g/mol. The third kappa shape index (κ3) is 4.73. The maximum atomic E-state index is 10.7. The van der Waals surface area contributed by atoms with Gasteiger partial charge in [-0.25, -0.2) is 19.4 Å². The summed E-state index contributed by atoms with van der Waals surface area (Å²) >= 11 is 0. The smallest absolute Gasteiger partial charge is 0.404 e. The topological polar surface area (TPSA) is 143 Å². The molecule has 0 spiro atoms. The number of ether oxygens (including phenoxy) is 1. The SMILES string of the molecule is C=C(NOCC(C)OC(N)=O)c1cnc2nnn(Cc3ccc4ncccc4c3)c2n1. The van der Waals surface area contributed by atoms with E-state index in [0.29, 0.717) is 29.2 Å². The monoisotopic (exact) mass is 420 g/mol. The highest BCUT2D eigenvalue weighted by Crippen LogP contribution is 2.16. The zero-order chi connectivity index (χ0) is 21.8. The summed E-state index contributed by atoms with van der Waals surface area (Å²) in [6, 6.07) is 9.91. The van der Waals surface area contributed by atoms with Crippen LogP contribution in [0.15, 0.2) is 49.3 Å². The zero-order valence-electron chi connectivity index (χ0n) is 16.7. The summed E-state index contributed by atoms with van der Waals surface area (Å²) in [5, 5.41) is 9.29. The van der Waals surface area contributed by atoms with Crippen LogP contribution >= 0.6 is 0 Å². The van der Waals surface area contributed by atoms with Crippen molar-refractivity contribution in [2.45, 2.75) is 19.6 Å². The Balaban J connectivity index is 1.48. The zero-order valence-corrected chi connectivity index (χ0v) is 16.7. The maximum absolute atomic E-state index is 10.7. The quantitative estimate of drug-likeness (QED) is 0.408. The van der Waals surface area contributed by atoms with Crippen LogP contribution in [0.25, 0.3) is 27.9 Å². The van der Waals surface area contributed by atoms with Crippen LogP contribution in [-0.2, 0) is 16.1 Å². The number of nitrogens with one attached hydrogen (secondary N) is 1. The minimum atomic E-state index is -0.866. The number of fused-ring (bicyclic) bond motifs is 2. The molecule has 0 aliphatic carbocycles. The molecule has 0 aliphatic rings. The Labute approximate surface area is 176 Å². The molecule has 3 heterocycles. The van der Waals surface area contributed by atoms with E-state index in [4.69, 9.17) is 15.3 Å². The Hall–Kier alpha value is -4.12. The lowest BCUT2D eigenvalue weighted by molar-refractivity contribution is 0.00327. The third-order valence-corrected chi connectivity index (χ3v) is 4.37. The molecule has 158 valence electrons. The average Bonchev–Trinajstić information content (AvgIpc) is 3.15. The summed E-state index contributed by atoms with van der Waals surface area (Å²) < 4.78 is 6.44. The van der Waals surface area contributed by atoms with E-state index >= 15 is 0 Å². The normalized spacial score (nSPS) is 12.0. The number of nitrogens with two attached hydrogens (primary N) is 1. The van der Waals surface area contributed by atoms with Gasteiger partial charge in [-0.15, -0.1) is 5.10 Å². The molecule has 0 bridgehead atoms. The molecular formula is C20H20N8O3. The van der Waals surface area contributed by atoms with Crippen molar-refractivity contribution >= 4 is 34.0 Å². The highest BCUT2D eigenvalue weighted by Gasteiger charge is 2.12. The van der Waals surface area contributed by atoms with Crippen molar-refractivity contribution in [2.75, 3.05) is 6.61 Å². The lowest BCUT2D eigenvalue weighted by Crippen LogP contribution is -2.27. The molecule has 3 aromatic heterocycles. The number of pyridine rings is 1. The van der Waals surface area contributed by atoms with Gasteiger partial charge < -0.3 is 10.5 Å². The Morgan fingerprint density at radius 2 is 2.19 bits per heavy atom. The number of benzene rings is 1. The first-order valence-electron chi connectivity index (χ1n) is 9.42. The van der Waals surface area contributed by atoms with E-state index in [0.717, 1.165) is 16.5 Å². The Morgan fingerprint density at radius 3 is 3.03 bits per heavy atom.